The van der Waals surface area contributed by atoms with Gasteiger partial charge in [0.05, 0.1) is 11.6 Å². The maximum atomic E-state index is 12.4. The van der Waals surface area contributed by atoms with Crippen molar-refractivity contribution in [2.45, 2.75) is 43.8 Å². The monoisotopic (exact) mass is 414 g/mol. The van der Waals surface area contributed by atoms with Crippen LogP contribution in [0.4, 0.5) is 0 Å². The van der Waals surface area contributed by atoms with Crippen LogP contribution in [0.5, 0.6) is 5.75 Å². The lowest BCUT2D eigenvalue weighted by atomic mass is 9.81. The van der Waals surface area contributed by atoms with Crippen LogP contribution >= 0.6 is 0 Å². The van der Waals surface area contributed by atoms with E-state index in [4.69, 9.17) is 4.74 Å². The lowest BCUT2D eigenvalue weighted by Crippen LogP contribution is -2.52. The van der Waals surface area contributed by atoms with Gasteiger partial charge in [-0.05, 0) is 42.7 Å². The summed E-state index contributed by atoms with van der Waals surface area (Å²) < 4.78 is 6.48. The van der Waals surface area contributed by atoms with E-state index in [0.717, 1.165) is 72.1 Å². The van der Waals surface area contributed by atoms with Crippen molar-refractivity contribution < 1.29 is 14.6 Å². The Morgan fingerprint density at radius 1 is 1.06 bits per heavy atom. The van der Waals surface area contributed by atoms with E-state index in [0.29, 0.717) is 12.3 Å². The number of piperidine rings is 1. The summed E-state index contributed by atoms with van der Waals surface area (Å²) in [5.74, 6) is 1.33. The Balaban J connectivity index is 1.24. The van der Waals surface area contributed by atoms with Crippen molar-refractivity contribution in [2.24, 2.45) is 5.92 Å². The zero-order chi connectivity index (χ0) is 21.0. The number of rotatable bonds is 2. The molecule has 158 valence electrons. The maximum Gasteiger partial charge on any atom is 0.225 e. The summed E-state index contributed by atoms with van der Waals surface area (Å²) >= 11 is 0. The minimum Gasteiger partial charge on any atom is -0.487 e. The molecule has 2 fully saturated rings. The molecule has 5 nitrogen and oxygen atoms in total. The van der Waals surface area contributed by atoms with Gasteiger partial charge in [-0.15, -0.1) is 0 Å². The van der Waals surface area contributed by atoms with E-state index in [9.17, 15) is 9.90 Å². The van der Waals surface area contributed by atoms with Gasteiger partial charge in [0.15, 0.2) is 0 Å². The number of hydrogen-bond donors (Lipinski definition) is 1. The molecule has 1 atom stereocenters. The van der Waals surface area contributed by atoms with Crippen molar-refractivity contribution in [2.75, 3.05) is 13.1 Å². The van der Waals surface area contributed by atoms with Gasteiger partial charge >= 0.3 is 0 Å². The second-order valence-electron chi connectivity index (χ2n) is 9.27. The third-order valence-corrected chi connectivity index (χ3v) is 7.10. The van der Waals surface area contributed by atoms with Gasteiger partial charge < -0.3 is 14.7 Å². The molecule has 6 rings (SSSR count). The Morgan fingerprint density at radius 3 is 2.68 bits per heavy atom. The quantitative estimate of drug-likeness (QED) is 0.671. The van der Waals surface area contributed by atoms with Crippen LogP contribution in [0.3, 0.4) is 0 Å². The highest BCUT2D eigenvalue weighted by molar-refractivity contribution is 5.83. The topological polar surface area (TPSA) is 62.7 Å². The van der Waals surface area contributed by atoms with Gasteiger partial charge in [0.2, 0.25) is 5.91 Å². The Morgan fingerprint density at radius 2 is 1.87 bits per heavy atom. The van der Waals surface area contributed by atoms with E-state index < -0.39 is 6.10 Å². The molecule has 3 aromatic rings. The molecular formula is C26H26N2O3. The van der Waals surface area contributed by atoms with E-state index in [1.807, 2.05) is 47.5 Å². The van der Waals surface area contributed by atoms with Gasteiger partial charge in [-0.3, -0.25) is 9.78 Å². The number of amides is 1. The fourth-order valence-electron chi connectivity index (χ4n) is 5.08. The van der Waals surface area contributed by atoms with E-state index in [1.54, 1.807) is 0 Å². The minimum absolute atomic E-state index is 0.260. The first-order valence-corrected chi connectivity index (χ1v) is 11.3. The fourth-order valence-corrected chi connectivity index (χ4v) is 5.08. The van der Waals surface area contributed by atoms with Gasteiger partial charge in [-0.2, -0.15) is 0 Å². The molecular weight excluding hydrogens is 388 g/mol. The van der Waals surface area contributed by atoms with Crippen molar-refractivity contribution in [1.29, 1.82) is 0 Å². The van der Waals surface area contributed by atoms with Crippen LogP contribution in [0.1, 0.15) is 43.8 Å². The standard InChI is InChI=1S/C26H26N2O3/c29-23-15-26(9-11-28(12-10-26)25(30)17-5-6-17)31-24-8-7-18(14-21(23)24)20-13-19-3-1-2-4-22(19)27-16-20/h1-4,7-8,13-14,16-17,23,29H,5-6,9-12,15H2. The van der Waals surface area contributed by atoms with Crippen LogP contribution in [0.15, 0.2) is 54.7 Å². The number of aliphatic hydroxyl groups excluding tert-OH is 1. The summed E-state index contributed by atoms with van der Waals surface area (Å²) in [7, 11) is 0. The predicted octanol–water partition coefficient (Wildman–Crippen LogP) is 4.49. The Hall–Kier alpha value is -2.92. The summed E-state index contributed by atoms with van der Waals surface area (Å²) in [5.41, 5.74) is 3.49. The van der Waals surface area contributed by atoms with Gasteiger partial charge in [-0.25, -0.2) is 0 Å². The molecule has 2 aromatic carbocycles. The fraction of sp³-hybridized carbons (Fsp3) is 0.385. The number of benzene rings is 2. The number of carbonyl (C=O) groups is 1. The van der Waals surface area contributed by atoms with E-state index >= 15 is 0 Å². The lowest BCUT2D eigenvalue weighted by Gasteiger charge is -2.46. The predicted molar refractivity (Wildman–Crippen MR) is 119 cm³/mol. The number of nitrogens with zero attached hydrogens (tertiary/aromatic N) is 2. The maximum absolute atomic E-state index is 12.4. The molecule has 1 amide bonds. The van der Waals surface area contributed by atoms with Crippen LogP contribution in [0, 0.1) is 5.92 Å². The molecule has 5 heteroatoms. The van der Waals surface area contributed by atoms with Gasteiger partial charge in [0, 0.05) is 61.0 Å². The number of pyridine rings is 1. The molecule has 1 unspecified atom stereocenters. The van der Waals surface area contributed by atoms with Crippen molar-refractivity contribution in [3.8, 4) is 16.9 Å². The zero-order valence-corrected chi connectivity index (χ0v) is 17.5. The highest BCUT2D eigenvalue weighted by Gasteiger charge is 2.45. The van der Waals surface area contributed by atoms with Gasteiger partial charge in [0.25, 0.3) is 0 Å². The smallest absolute Gasteiger partial charge is 0.225 e. The van der Waals surface area contributed by atoms with Crippen LogP contribution < -0.4 is 4.74 Å². The number of hydrogen-bond acceptors (Lipinski definition) is 4. The first-order valence-electron chi connectivity index (χ1n) is 11.3. The van der Waals surface area contributed by atoms with E-state index in [2.05, 4.69) is 17.1 Å². The number of carbonyl (C=O) groups excluding carboxylic acids is 1. The molecule has 1 aliphatic carbocycles. The van der Waals surface area contributed by atoms with Crippen molar-refractivity contribution in [1.82, 2.24) is 9.88 Å². The van der Waals surface area contributed by atoms with E-state index in [-0.39, 0.29) is 11.5 Å². The molecule has 1 spiro atoms. The summed E-state index contributed by atoms with van der Waals surface area (Å²) in [6, 6.07) is 16.3. The van der Waals surface area contributed by atoms with Crippen LogP contribution in [-0.4, -0.2) is 39.6 Å². The summed E-state index contributed by atoms with van der Waals surface area (Å²) in [5, 5.41) is 12.1. The molecule has 0 radical (unpaired) electrons. The summed E-state index contributed by atoms with van der Waals surface area (Å²) in [6.45, 7) is 1.44. The molecule has 0 bridgehead atoms. The molecule has 3 aliphatic rings. The van der Waals surface area contributed by atoms with Crippen molar-refractivity contribution in [3.05, 3.63) is 60.3 Å². The third-order valence-electron chi connectivity index (χ3n) is 7.10. The highest BCUT2D eigenvalue weighted by atomic mass is 16.5. The summed E-state index contributed by atoms with van der Waals surface area (Å²) in [6.07, 6.45) is 5.52. The minimum atomic E-state index is -0.567. The molecule has 1 aromatic heterocycles. The number of ether oxygens (including phenoxy) is 1. The first kappa shape index (κ1) is 18.8. The highest BCUT2D eigenvalue weighted by Crippen LogP contribution is 2.46. The molecule has 3 heterocycles. The molecule has 31 heavy (non-hydrogen) atoms. The Kier molecular flexibility index (Phi) is 4.29. The zero-order valence-electron chi connectivity index (χ0n) is 17.5. The molecule has 1 N–H and O–H groups in total. The van der Waals surface area contributed by atoms with Crippen molar-refractivity contribution >= 4 is 16.8 Å². The van der Waals surface area contributed by atoms with Crippen LogP contribution in [-0.2, 0) is 4.79 Å². The average Bonchev–Trinajstić information content (AvgIpc) is 3.64. The number of likely N-dealkylation sites (tertiary alicyclic amines) is 1. The van der Waals surface area contributed by atoms with Crippen molar-refractivity contribution in [3.63, 3.8) is 0 Å². The first-order chi connectivity index (χ1) is 15.1. The second-order valence-corrected chi connectivity index (χ2v) is 9.27. The largest absolute Gasteiger partial charge is 0.487 e. The Bertz CT molecular complexity index is 1160. The molecule has 2 aliphatic heterocycles. The summed E-state index contributed by atoms with van der Waals surface area (Å²) in [4.78, 5) is 18.9. The lowest BCUT2D eigenvalue weighted by molar-refractivity contribution is -0.137. The Labute approximate surface area is 181 Å². The average molecular weight is 415 g/mol. The van der Waals surface area contributed by atoms with Gasteiger partial charge in [0.1, 0.15) is 11.4 Å². The van der Waals surface area contributed by atoms with Crippen LogP contribution in [0.25, 0.3) is 22.0 Å². The van der Waals surface area contributed by atoms with Gasteiger partial charge in [-0.1, -0.05) is 24.3 Å². The van der Waals surface area contributed by atoms with Crippen LogP contribution in [0.2, 0.25) is 0 Å². The third kappa shape index (κ3) is 3.37. The number of aromatic nitrogens is 1. The molecule has 1 saturated heterocycles. The second kappa shape index (κ2) is 7.06. The number of aliphatic hydroxyl groups is 1. The van der Waals surface area contributed by atoms with E-state index in [1.165, 1.54) is 0 Å². The number of fused-ring (bicyclic) bond motifs is 2. The normalized spacial score (nSPS) is 22.2. The SMILES string of the molecule is O=C(C1CC1)N1CCC2(CC1)CC(O)c1cc(-c3cnc4ccccc4c3)ccc1O2. The molecule has 1 saturated carbocycles. The number of para-hydroxylation sites is 1.